The molecule has 0 fully saturated rings. The van der Waals surface area contributed by atoms with Crippen molar-refractivity contribution < 1.29 is 9.84 Å². The van der Waals surface area contributed by atoms with Crippen molar-refractivity contribution in [1.29, 1.82) is 0 Å². The summed E-state index contributed by atoms with van der Waals surface area (Å²) in [7, 11) is 1.64. The summed E-state index contributed by atoms with van der Waals surface area (Å²) in [5.41, 5.74) is 0.893. The van der Waals surface area contributed by atoms with Gasteiger partial charge in [0.15, 0.2) is 0 Å². The van der Waals surface area contributed by atoms with E-state index in [0.717, 1.165) is 16.2 Å². The highest BCUT2D eigenvalue weighted by Gasteiger charge is 2.14. The number of thiophene rings is 2. The van der Waals surface area contributed by atoms with Gasteiger partial charge in [-0.3, -0.25) is 0 Å². The first-order valence-corrected chi connectivity index (χ1v) is 7.26. The molecule has 3 rings (SSSR count). The predicted molar refractivity (Wildman–Crippen MR) is 76.8 cm³/mol. The number of rotatable bonds is 3. The molecule has 3 aromatic rings. The third-order valence-corrected chi connectivity index (χ3v) is 5.01. The molecule has 0 aliphatic carbocycles. The molecule has 4 heteroatoms. The van der Waals surface area contributed by atoms with E-state index in [1.807, 2.05) is 24.3 Å². The zero-order valence-electron chi connectivity index (χ0n) is 9.79. The van der Waals surface area contributed by atoms with E-state index in [-0.39, 0.29) is 0 Å². The molecule has 18 heavy (non-hydrogen) atoms. The lowest BCUT2D eigenvalue weighted by Gasteiger charge is -2.09. The molecule has 1 N–H and O–H groups in total. The van der Waals surface area contributed by atoms with E-state index in [4.69, 9.17) is 4.74 Å². The van der Waals surface area contributed by atoms with Gasteiger partial charge in [-0.05, 0) is 35.2 Å². The van der Waals surface area contributed by atoms with Crippen molar-refractivity contribution in [1.82, 2.24) is 0 Å². The van der Waals surface area contributed by atoms with Crippen LogP contribution in [0.15, 0.2) is 41.8 Å². The van der Waals surface area contributed by atoms with Gasteiger partial charge in [0.2, 0.25) is 0 Å². The number of hydrogen-bond donors (Lipinski definition) is 1. The predicted octanol–water partition coefficient (Wildman–Crippen LogP) is 4.05. The van der Waals surface area contributed by atoms with Gasteiger partial charge < -0.3 is 9.84 Å². The molecule has 2 nitrogen and oxygen atoms in total. The van der Waals surface area contributed by atoms with Crippen molar-refractivity contribution in [3.05, 3.63) is 52.2 Å². The van der Waals surface area contributed by atoms with E-state index in [9.17, 15) is 5.11 Å². The Hall–Kier alpha value is -1.36. The molecular formula is C14H12O2S2. The lowest BCUT2D eigenvalue weighted by molar-refractivity contribution is 0.224. The maximum atomic E-state index is 10.3. The summed E-state index contributed by atoms with van der Waals surface area (Å²) >= 11 is 3.35. The Balaban J connectivity index is 1.92. The van der Waals surface area contributed by atoms with E-state index in [2.05, 4.69) is 17.5 Å². The Labute approximate surface area is 113 Å². The average molecular weight is 276 g/mol. The fourth-order valence-corrected chi connectivity index (χ4v) is 4.00. The Bertz CT molecular complexity index is 623. The molecule has 0 amide bonds. The number of aliphatic hydroxyl groups is 1. The summed E-state index contributed by atoms with van der Waals surface area (Å²) in [6, 6.07) is 11.7. The average Bonchev–Trinajstić information content (AvgIpc) is 2.99. The first kappa shape index (κ1) is 11.7. The Morgan fingerprint density at radius 1 is 1.11 bits per heavy atom. The van der Waals surface area contributed by atoms with E-state index in [0.29, 0.717) is 0 Å². The molecule has 1 unspecified atom stereocenters. The third-order valence-electron chi connectivity index (χ3n) is 2.86. The standard InChI is InChI=1S/C14H12O2S2/c1-16-10-4-2-9(3-5-10)14(15)13-8-12-11(18-13)6-7-17-12/h2-8,14-15H,1H3. The second-order valence-electron chi connectivity index (χ2n) is 3.97. The second-order valence-corrected chi connectivity index (χ2v) is 6.04. The van der Waals surface area contributed by atoms with E-state index < -0.39 is 6.10 Å². The van der Waals surface area contributed by atoms with Gasteiger partial charge in [-0.2, -0.15) is 0 Å². The fraction of sp³-hybridized carbons (Fsp3) is 0.143. The molecule has 0 radical (unpaired) electrons. The van der Waals surface area contributed by atoms with Gasteiger partial charge >= 0.3 is 0 Å². The van der Waals surface area contributed by atoms with Crippen LogP contribution in [0.3, 0.4) is 0 Å². The van der Waals surface area contributed by atoms with Crippen LogP contribution in [0.2, 0.25) is 0 Å². The highest BCUT2D eigenvalue weighted by molar-refractivity contribution is 7.26. The van der Waals surface area contributed by atoms with E-state index >= 15 is 0 Å². The summed E-state index contributed by atoms with van der Waals surface area (Å²) in [6.07, 6.45) is -0.555. The molecule has 2 heterocycles. The quantitative estimate of drug-likeness (QED) is 0.782. The molecule has 1 atom stereocenters. The number of fused-ring (bicyclic) bond motifs is 1. The molecule has 0 aliphatic rings. The van der Waals surface area contributed by atoms with Crippen molar-refractivity contribution >= 4 is 32.1 Å². The molecule has 1 aromatic carbocycles. The summed E-state index contributed by atoms with van der Waals surface area (Å²) in [5, 5.41) is 12.4. The van der Waals surface area contributed by atoms with Crippen LogP contribution in [-0.4, -0.2) is 12.2 Å². The second kappa shape index (κ2) is 4.72. The van der Waals surface area contributed by atoms with Crippen molar-refractivity contribution in [2.24, 2.45) is 0 Å². The Morgan fingerprint density at radius 3 is 2.56 bits per heavy atom. The van der Waals surface area contributed by atoms with Crippen molar-refractivity contribution in [2.75, 3.05) is 7.11 Å². The maximum absolute atomic E-state index is 10.3. The van der Waals surface area contributed by atoms with Crippen LogP contribution in [0.5, 0.6) is 5.75 Å². The lowest BCUT2D eigenvalue weighted by Crippen LogP contribution is -1.96. The monoisotopic (exact) mass is 276 g/mol. The van der Waals surface area contributed by atoms with Crippen LogP contribution < -0.4 is 4.74 Å². The van der Waals surface area contributed by atoms with Gasteiger partial charge in [-0.1, -0.05) is 12.1 Å². The molecule has 92 valence electrons. The number of ether oxygens (including phenoxy) is 1. The van der Waals surface area contributed by atoms with Gasteiger partial charge in [0.05, 0.1) is 7.11 Å². The number of aliphatic hydroxyl groups excluding tert-OH is 1. The van der Waals surface area contributed by atoms with Gasteiger partial charge in [0.1, 0.15) is 11.9 Å². The zero-order valence-corrected chi connectivity index (χ0v) is 11.4. The minimum absolute atomic E-state index is 0.555. The minimum atomic E-state index is -0.555. The zero-order chi connectivity index (χ0) is 12.5. The normalized spacial score (nSPS) is 12.8. The van der Waals surface area contributed by atoms with Crippen LogP contribution >= 0.6 is 22.7 Å². The molecule has 0 aliphatic heterocycles. The summed E-state index contributed by atoms with van der Waals surface area (Å²) in [5.74, 6) is 0.804. The van der Waals surface area contributed by atoms with Gasteiger partial charge in [0.25, 0.3) is 0 Å². The van der Waals surface area contributed by atoms with Gasteiger partial charge in [-0.25, -0.2) is 0 Å². The minimum Gasteiger partial charge on any atom is -0.497 e. The van der Waals surface area contributed by atoms with Crippen LogP contribution in [0.25, 0.3) is 9.40 Å². The Kier molecular flexibility index (Phi) is 3.07. The highest BCUT2D eigenvalue weighted by Crippen LogP contribution is 2.35. The van der Waals surface area contributed by atoms with Crippen molar-refractivity contribution in [3.63, 3.8) is 0 Å². The fourth-order valence-electron chi connectivity index (χ4n) is 1.87. The number of benzene rings is 1. The molecular weight excluding hydrogens is 264 g/mol. The summed E-state index contributed by atoms with van der Waals surface area (Å²) < 4.78 is 7.59. The number of methoxy groups -OCH3 is 1. The van der Waals surface area contributed by atoms with E-state index in [1.54, 1.807) is 29.8 Å². The molecule has 0 bridgehead atoms. The molecule has 2 aromatic heterocycles. The van der Waals surface area contributed by atoms with Crippen LogP contribution in [-0.2, 0) is 0 Å². The Morgan fingerprint density at radius 2 is 1.89 bits per heavy atom. The van der Waals surface area contributed by atoms with Crippen LogP contribution in [0, 0.1) is 0 Å². The smallest absolute Gasteiger partial charge is 0.118 e. The van der Waals surface area contributed by atoms with E-state index in [1.165, 1.54) is 9.40 Å². The molecule has 0 saturated heterocycles. The summed E-state index contributed by atoms with van der Waals surface area (Å²) in [4.78, 5) is 0.988. The first-order valence-electron chi connectivity index (χ1n) is 5.57. The largest absolute Gasteiger partial charge is 0.497 e. The third kappa shape index (κ3) is 2.03. The highest BCUT2D eigenvalue weighted by atomic mass is 32.1. The van der Waals surface area contributed by atoms with Crippen molar-refractivity contribution in [3.8, 4) is 5.75 Å². The summed E-state index contributed by atoms with van der Waals surface area (Å²) in [6.45, 7) is 0. The van der Waals surface area contributed by atoms with Gasteiger partial charge in [-0.15, -0.1) is 22.7 Å². The molecule has 0 saturated carbocycles. The first-order chi connectivity index (χ1) is 8.78. The topological polar surface area (TPSA) is 29.5 Å². The maximum Gasteiger partial charge on any atom is 0.118 e. The van der Waals surface area contributed by atoms with Crippen molar-refractivity contribution in [2.45, 2.75) is 6.10 Å². The molecule has 0 spiro atoms. The lowest BCUT2D eigenvalue weighted by atomic mass is 10.1. The SMILES string of the molecule is COc1ccc(C(O)c2cc3sccc3s2)cc1. The van der Waals surface area contributed by atoms with Gasteiger partial charge in [0, 0.05) is 14.3 Å². The van der Waals surface area contributed by atoms with Crippen LogP contribution in [0.4, 0.5) is 0 Å². The number of hydrogen-bond acceptors (Lipinski definition) is 4. The van der Waals surface area contributed by atoms with Crippen LogP contribution in [0.1, 0.15) is 16.5 Å².